The molecule has 1 aliphatic heterocycles. The van der Waals surface area contributed by atoms with Gasteiger partial charge in [0, 0.05) is 29.7 Å². The molecule has 2 atom stereocenters. The van der Waals surface area contributed by atoms with Crippen molar-refractivity contribution in [2.45, 2.75) is 64.0 Å². The molecule has 0 aliphatic carbocycles. The van der Waals surface area contributed by atoms with Gasteiger partial charge in [-0.05, 0) is 68.7 Å². The van der Waals surface area contributed by atoms with E-state index in [-0.39, 0.29) is 18.3 Å². The van der Waals surface area contributed by atoms with Crippen molar-refractivity contribution in [3.63, 3.8) is 0 Å². The predicted molar refractivity (Wildman–Crippen MR) is 139 cm³/mol. The number of nitrogens with zero attached hydrogens (tertiary/aromatic N) is 2. The summed E-state index contributed by atoms with van der Waals surface area (Å²) in [6.07, 6.45) is 1.98. The topological polar surface area (TPSA) is 108 Å². The molecule has 4 amide bonds. The third kappa shape index (κ3) is 8.20. The number of likely N-dealkylation sites (tertiary alicyclic amines) is 1. The third-order valence-corrected chi connectivity index (χ3v) is 6.79. The fraction of sp³-hybridized carbons (Fsp3) is 0.464. The van der Waals surface area contributed by atoms with E-state index in [0.717, 1.165) is 18.4 Å². The Bertz CT molecular complexity index is 1080. The average molecular weight is 511 g/mol. The molecule has 0 spiro atoms. The van der Waals surface area contributed by atoms with E-state index < -0.39 is 29.3 Å². The quantitative estimate of drug-likeness (QED) is 0.483. The second-order valence-electron chi connectivity index (χ2n) is 10.4. The molecule has 2 aromatic carbocycles. The van der Waals surface area contributed by atoms with Crippen LogP contribution in [0.3, 0.4) is 0 Å². The number of amides is 4. The number of nitrogens with one attached hydrogen (secondary N) is 2. The van der Waals surface area contributed by atoms with Crippen LogP contribution in [0, 0.1) is 16.6 Å². The van der Waals surface area contributed by atoms with Crippen LogP contribution >= 0.6 is 0 Å². The molecule has 8 nitrogen and oxygen atoms in total. The number of rotatable bonds is 9. The summed E-state index contributed by atoms with van der Waals surface area (Å²) in [4.78, 5) is 50.6. The van der Waals surface area contributed by atoms with Crippen LogP contribution in [0.4, 0.5) is 9.18 Å². The zero-order chi connectivity index (χ0) is 27.0. The lowest BCUT2D eigenvalue weighted by Gasteiger charge is -2.34. The van der Waals surface area contributed by atoms with Gasteiger partial charge in [-0.3, -0.25) is 9.59 Å². The molecule has 198 valence electrons. The van der Waals surface area contributed by atoms with Crippen molar-refractivity contribution in [3.8, 4) is 0 Å². The Morgan fingerprint density at radius 3 is 2.27 bits per heavy atom. The number of carbonyl (C=O) groups is 3. The van der Waals surface area contributed by atoms with Crippen LogP contribution in [0.15, 0.2) is 59.8 Å². The van der Waals surface area contributed by atoms with Crippen LogP contribution in [0.25, 0.3) is 0 Å². The molecule has 0 radical (unpaired) electrons. The van der Waals surface area contributed by atoms with Gasteiger partial charge in [-0.25, -0.2) is 9.18 Å². The SMILES string of the molecule is CC(C[C@H](NC(=O)N1CCC(c2ccccc2)CC1)C(=O)NC(C)(C)Cc1ccc(F)cc1)C(=O)N=O. The van der Waals surface area contributed by atoms with Crippen LogP contribution in [0.2, 0.25) is 0 Å². The number of benzene rings is 2. The van der Waals surface area contributed by atoms with Gasteiger partial charge >= 0.3 is 6.03 Å². The van der Waals surface area contributed by atoms with Crippen LogP contribution in [-0.4, -0.2) is 47.4 Å². The van der Waals surface area contributed by atoms with Gasteiger partial charge in [-0.15, -0.1) is 4.91 Å². The number of nitroso groups, excluding NO2 is 1. The molecule has 1 unspecified atom stereocenters. The minimum Gasteiger partial charge on any atom is -0.349 e. The van der Waals surface area contributed by atoms with E-state index in [9.17, 15) is 23.7 Å². The standard InChI is InChI=1S/C28H35FN4O4/c1-19(25(34)32-37)17-24(26(35)31-28(2,3)18-20-9-11-23(29)12-10-20)30-27(36)33-15-13-22(14-16-33)21-7-5-4-6-8-21/h4-12,19,22,24H,13-18H2,1-3H3,(H,30,36)(H,31,35)/t19?,24-/m0/s1. The van der Waals surface area contributed by atoms with Gasteiger partial charge in [-0.2, -0.15) is 0 Å². The van der Waals surface area contributed by atoms with Crippen LogP contribution in [-0.2, 0) is 16.0 Å². The Labute approximate surface area is 217 Å². The Kier molecular flexibility index (Phi) is 9.49. The van der Waals surface area contributed by atoms with Crippen LogP contribution in [0.5, 0.6) is 0 Å². The Balaban J connectivity index is 1.65. The summed E-state index contributed by atoms with van der Waals surface area (Å²) in [5.41, 5.74) is 1.36. The molecule has 9 heteroatoms. The molecular weight excluding hydrogens is 475 g/mol. The molecule has 37 heavy (non-hydrogen) atoms. The van der Waals surface area contributed by atoms with Gasteiger partial charge in [-0.1, -0.05) is 49.4 Å². The van der Waals surface area contributed by atoms with E-state index in [1.807, 2.05) is 32.0 Å². The maximum Gasteiger partial charge on any atom is 0.318 e. The first kappa shape index (κ1) is 28.0. The number of halogens is 1. The first-order valence-corrected chi connectivity index (χ1v) is 12.6. The average Bonchev–Trinajstić information content (AvgIpc) is 2.89. The van der Waals surface area contributed by atoms with Crippen molar-refractivity contribution < 1.29 is 18.8 Å². The van der Waals surface area contributed by atoms with E-state index in [1.165, 1.54) is 24.6 Å². The maximum absolute atomic E-state index is 13.3. The number of hydrogen-bond acceptors (Lipinski definition) is 4. The van der Waals surface area contributed by atoms with Crippen molar-refractivity contribution in [2.75, 3.05) is 13.1 Å². The summed E-state index contributed by atoms with van der Waals surface area (Å²) >= 11 is 0. The van der Waals surface area contributed by atoms with E-state index in [0.29, 0.717) is 25.4 Å². The number of carbonyl (C=O) groups excluding carboxylic acids is 3. The summed E-state index contributed by atoms with van der Waals surface area (Å²) in [5.74, 6) is -2.15. The Morgan fingerprint density at radius 1 is 1.05 bits per heavy atom. The number of urea groups is 1. The third-order valence-electron chi connectivity index (χ3n) is 6.79. The maximum atomic E-state index is 13.3. The molecule has 1 saturated heterocycles. The molecule has 1 fully saturated rings. The van der Waals surface area contributed by atoms with Crippen molar-refractivity contribution >= 4 is 17.8 Å². The lowest BCUT2D eigenvalue weighted by Crippen LogP contribution is -2.57. The summed E-state index contributed by atoms with van der Waals surface area (Å²) in [5, 5.41) is 8.18. The molecule has 0 saturated carbocycles. The largest absolute Gasteiger partial charge is 0.349 e. The number of hydrogen-bond donors (Lipinski definition) is 2. The van der Waals surface area contributed by atoms with Crippen molar-refractivity contribution in [1.82, 2.24) is 15.5 Å². The smallest absolute Gasteiger partial charge is 0.318 e. The zero-order valence-electron chi connectivity index (χ0n) is 21.6. The fourth-order valence-electron chi connectivity index (χ4n) is 4.73. The van der Waals surface area contributed by atoms with Gasteiger partial charge in [0.15, 0.2) is 0 Å². The molecule has 3 rings (SSSR count). The summed E-state index contributed by atoms with van der Waals surface area (Å²) < 4.78 is 13.3. The second-order valence-corrected chi connectivity index (χ2v) is 10.4. The predicted octanol–water partition coefficient (Wildman–Crippen LogP) is 4.54. The zero-order valence-corrected chi connectivity index (χ0v) is 21.6. The van der Waals surface area contributed by atoms with E-state index in [1.54, 1.807) is 17.0 Å². The van der Waals surface area contributed by atoms with Gasteiger partial charge in [0.05, 0.1) is 0 Å². The van der Waals surface area contributed by atoms with Gasteiger partial charge in [0.1, 0.15) is 11.9 Å². The molecule has 0 aromatic heterocycles. The molecule has 2 aromatic rings. The highest BCUT2D eigenvalue weighted by molar-refractivity contribution is 5.88. The molecule has 2 N–H and O–H groups in total. The lowest BCUT2D eigenvalue weighted by molar-refractivity contribution is -0.126. The Morgan fingerprint density at radius 2 is 1.68 bits per heavy atom. The highest BCUT2D eigenvalue weighted by Crippen LogP contribution is 2.28. The summed E-state index contributed by atoms with van der Waals surface area (Å²) in [6.45, 7) is 6.23. The highest BCUT2D eigenvalue weighted by atomic mass is 19.1. The van der Waals surface area contributed by atoms with Crippen LogP contribution in [0.1, 0.15) is 57.1 Å². The van der Waals surface area contributed by atoms with Crippen molar-refractivity contribution in [3.05, 3.63) is 76.4 Å². The molecule has 0 bridgehead atoms. The van der Waals surface area contributed by atoms with Crippen molar-refractivity contribution in [1.29, 1.82) is 0 Å². The van der Waals surface area contributed by atoms with Gasteiger partial charge < -0.3 is 15.5 Å². The van der Waals surface area contributed by atoms with E-state index >= 15 is 0 Å². The first-order chi connectivity index (χ1) is 17.6. The lowest BCUT2D eigenvalue weighted by atomic mass is 9.89. The summed E-state index contributed by atoms with van der Waals surface area (Å²) in [7, 11) is 0. The normalized spacial score (nSPS) is 15.9. The molecular formula is C28H35FN4O4. The monoisotopic (exact) mass is 510 g/mol. The summed E-state index contributed by atoms with van der Waals surface area (Å²) in [6, 6.07) is 14.8. The second kappa shape index (κ2) is 12.6. The van der Waals surface area contributed by atoms with Crippen molar-refractivity contribution in [2.24, 2.45) is 11.1 Å². The first-order valence-electron chi connectivity index (χ1n) is 12.6. The minimum atomic E-state index is -1.03. The fourth-order valence-corrected chi connectivity index (χ4v) is 4.73. The van der Waals surface area contributed by atoms with Gasteiger partial charge in [0.25, 0.3) is 5.91 Å². The van der Waals surface area contributed by atoms with E-state index in [2.05, 4.69) is 27.9 Å². The minimum absolute atomic E-state index is 0.0603. The van der Waals surface area contributed by atoms with E-state index in [4.69, 9.17) is 0 Å². The molecule has 1 heterocycles. The Hall–Kier alpha value is -3.62. The molecule has 1 aliphatic rings. The highest BCUT2D eigenvalue weighted by Gasteiger charge is 2.32. The number of piperidine rings is 1. The van der Waals surface area contributed by atoms with Gasteiger partial charge in [0.2, 0.25) is 5.91 Å². The van der Waals surface area contributed by atoms with Crippen LogP contribution < -0.4 is 10.6 Å².